The summed E-state index contributed by atoms with van der Waals surface area (Å²) in [6, 6.07) is 22.7. The number of non-ortho nitro benzene ring substituents is 1. The van der Waals surface area contributed by atoms with Gasteiger partial charge in [0.2, 0.25) is 0 Å². The van der Waals surface area contributed by atoms with E-state index in [1.807, 2.05) is 42.9 Å². The highest BCUT2D eigenvalue weighted by molar-refractivity contribution is 5.88. The van der Waals surface area contributed by atoms with Crippen molar-refractivity contribution >= 4 is 27.5 Å². The van der Waals surface area contributed by atoms with Crippen LogP contribution in [0.4, 0.5) is 5.69 Å². The zero-order valence-corrected chi connectivity index (χ0v) is 17.3. The molecule has 6 rings (SSSR count). The molecular formula is C25H18N6O2. The number of nitro benzene ring substituents is 1. The van der Waals surface area contributed by atoms with Crippen molar-refractivity contribution in [1.29, 1.82) is 0 Å². The molecule has 3 aromatic heterocycles. The van der Waals surface area contributed by atoms with E-state index in [9.17, 15) is 10.1 Å². The van der Waals surface area contributed by atoms with Crippen molar-refractivity contribution in [3.63, 3.8) is 0 Å². The third-order valence-corrected chi connectivity index (χ3v) is 6.00. The Bertz CT molecular complexity index is 1540. The van der Waals surface area contributed by atoms with Crippen molar-refractivity contribution in [3.05, 3.63) is 118 Å². The minimum atomic E-state index is -0.416. The number of nitro groups is 1. The topological polar surface area (TPSA) is 105 Å². The number of nitrogens with one attached hydrogen (secondary N) is 2. The number of nitrogens with zero attached hydrogens (tertiary/aromatic N) is 4. The van der Waals surface area contributed by atoms with E-state index in [2.05, 4.69) is 44.5 Å². The molecule has 0 amide bonds. The summed E-state index contributed by atoms with van der Waals surface area (Å²) >= 11 is 0. The van der Waals surface area contributed by atoms with Crippen LogP contribution in [0.2, 0.25) is 0 Å². The molecule has 33 heavy (non-hydrogen) atoms. The Labute approximate surface area is 187 Å². The smallest absolute Gasteiger partial charge is 0.269 e. The SMILES string of the molecule is O=[N+]([O-])c1ccc(-n2cc(C(c3c[nH]c4ccccc34)c3c[nH]c4ccccc34)nn2)cc1. The Morgan fingerprint density at radius 3 is 1.97 bits per heavy atom. The summed E-state index contributed by atoms with van der Waals surface area (Å²) < 4.78 is 1.65. The summed E-state index contributed by atoms with van der Waals surface area (Å²) in [7, 11) is 0. The molecule has 8 nitrogen and oxygen atoms in total. The third kappa shape index (κ3) is 3.16. The number of benzene rings is 3. The van der Waals surface area contributed by atoms with Gasteiger partial charge < -0.3 is 9.97 Å². The van der Waals surface area contributed by atoms with Crippen molar-refractivity contribution in [2.75, 3.05) is 0 Å². The van der Waals surface area contributed by atoms with E-state index in [0.29, 0.717) is 5.69 Å². The molecule has 6 aromatic rings. The van der Waals surface area contributed by atoms with Gasteiger partial charge in [-0.3, -0.25) is 10.1 Å². The molecule has 8 heteroatoms. The first-order valence-corrected chi connectivity index (χ1v) is 10.5. The summed E-state index contributed by atoms with van der Waals surface area (Å²) in [6.45, 7) is 0. The van der Waals surface area contributed by atoms with Gasteiger partial charge in [-0.05, 0) is 35.4 Å². The molecule has 0 aliphatic heterocycles. The lowest BCUT2D eigenvalue weighted by molar-refractivity contribution is -0.384. The van der Waals surface area contributed by atoms with Crippen LogP contribution >= 0.6 is 0 Å². The van der Waals surface area contributed by atoms with Crippen LogP contribution in [0, 0.1) is 10.1 Å². The molecule has 0 saturated carbocycles. The maximum absolute atomic E-state index is 11.0. The number of hydrogen-bond donors (Lipinski definition) is 2. The average molecular weight is 434 g/mol. The highest BCUT2D eigenvalue weighted by Gasteiger charge is 2.26. The van der Waals surface area contributed by atoms with Crippen LogP contribution in [0.15, 0.2) is 91.4 Å². The molecule has 0 bridgehead atoms. The second-order valence-electron chi connectivity index (χ2n) is 7.87. The van der Waals surface area contributed by atoms with Crippen LogP contribution in [-0.2, 0) is 0 Å². The van der Waals surface area contributed by atoms with Gasteiger partial charge in [-0.1, -0.05) is 41.6 Å². The Hall–Kier alpha value is -4.72. The van der Waals surface area contributed by atoms with Gasteiger partial charge in [-0.15, -0.1) is 5.10 Å². The van der Waals surface area contributed by atoms with E-state index >= 15 is 0 Å². The second-order valence-corrected chi connectivity index (χ2v) is 7.87. The van der Waals surface area contributed by atoms with Gasteiger partial charge in [0.1, 0.15) is 0 Å². The van der Waals surface area contributed by atoms with Crippen LogP contribution < -0.4 is 0 Å². The quantitative estimate of drug-likeness (QED) is 0.283. The monoisotopic (exact) mass is 434 g/mol. The van der Waals surface area contributed by atoms with E-state index in [-0.39, 0.29) is 11.6 Å². The van der Waals surface area contributed by atoms with Gasteiger partial charge >= 0.3 is 0 Å². The number of fused-ring (bicyclic) bond motifs is 2. The van der Waals surface area contributed by atoms with Crippen LogP contribution in [0.5, 0.6) is 0 Å². The number of hydrogen-bond acceptors (Lipinski definition) is 4. The number of H-pyrrole nitrogens is 2. The molecule has 2 N–H and O–H groups in total. The van der Waals surface area contributed by atoms with Crippen molar-refractivity contribution in [3.8, 4) is 5.69 Å². The number of aromatic nitrogens is 5. The minimum absolute atomic E-state index is 0.0366. The molecule has 3 heterocycles. The van der Waals surface area contributed by atoms with E-state index in [4.69, 9.17) is 0 Å². The zero-order chi connectivity index (χ0) is 22.4. The molecule has 0 spiro atoms. The fourth-order valence-corrected chi connectivity index (χ4v) is 4.41. The summed E-state index contributed by atoms with van der Waals surface area (Å²) in [5.74, 6) is -0.163. The first-order chi connectivity index (χ1) is 16.2. The van der Waals surface area contributed by atoms with Gasteiger partial charge in [-0.25, -0.2) is 4.68 Å². The lowest BCUT2D eigenvalue weighted by Gasteiger charge is -2.13. The lowest BCUT2D eigenvalue weighted by atomic mass is 9.88. The maximum Gasteiger partial charge on any atom is 0.269 e. The van der Waals surface area contributed by atoms with Crippen LogP contribution in [0.3, 0.4) is 0 Å². The summed E-state index contributed by atoms with van der Waals surface area (Å²) in [5.41, 5.74) is 5.84. The van der Waals surface area contributed by atoms with Crippen LogP contribution in [0.1, 0.15) is 22.7 Å². The fraction of sp³-hybridized carbons (Fsp3) is 0.0400. The molecule has 0 atom stereocenters. The molecule has 0 saturated heterocycles. The second kappa shape index (κ2) is 7.45. The lowest BCUT2D eigenvalue weighted by Crippen LogP contribution is -2.03. The average Bonchev–Trinajstić information content (AvgIpc) is 3.59. The Morgan fingerprint density at radius 1 is 0.818 bits per heavy atom. The first kappa shape index (κ1) is 19.0. The van der Waals surface area contributed by atoms with Crippen LogP contribution in [-0.4, -0.2) is 29.9 Å². The van der Waals surface area contributed by atoms with E-state index in [1.165, 1.54) is 12.1 Å². The highest BCUT2D eigenvalue weighted by atomic mass is 16.6. The first-order valence-electron chi connectivity index (χ1n) is 10.5. The fourth-order valence-electron chi connectivity index (χ4n) is 4.41. The van der Waals surface area contributed by atoms with Crippen molar-refractivity contribution in [2.24, 2.45) is 0 Å². The molecular weight excluding hydrogens is 416 g/mol. The van der Waals surface area contributed by atoms with Gasteiger partial charge in [0, 0.05) is 46.3 Å². The van der Waals surface area contributed by atoms with E-state index in [1.54, 1.807) is 16.8 Å². The predicted octanol–water partition coefficient (Wildman–Crippen LogP) is 5.32. The van der Waals surface area contributed by atoms with Crippen LogP contribution in [0.25, 0.3) is 27.5 Å². The predicted molar refractivity (Wildman–Crippen MR) is 126 cm³/mol. The van der Waals surface area contributed by atoms with Crippen molar-refractivity contribution in [1.82, 2.24) is 25.0 Å². The molecule has 0 fully saturated rings. The normalized spacial score (nSPS) is 11.5. The molecule has 160 valence electrons. The van der Waals surface area contributed by atoms with Gasteiger partial charge in [-0.2, -0.15) is 0 Å². The Morgan fingerprint density at radius 2 is 1.39 bits per heavy atom. The molecule has 0 aliphatic carbocycles. The standard InChI is InChI=1S/C25H18N6O2/c32-31(33)17-11-9-16(10-12-17)30-15-24(28-29-30)25(20-13-26-22-7-3-1-5-18(20)22)21-14-27-23-8-4-2-6-19(21)23/h1-15,25-27H. The Balaban J connectivity index is 1.51. The summed E-state index contributed by atoms with van der Waals surface area (Å²) in [5, 5.41) is 22.1. The van der Waals surface area contributed by atoms with Gasteiger partial charge in [0.05, 0.1) is 28.4 Å². The maximum atomic E-state index is 11.0. The number of rotatable bonds is 5. The zero-order valence-electron chi connectivity index (χ0n) is 17.3. The molecule has 3 aromatic carbocycles. The summed E-state index contributed by atoms with van der Waals surface area (Å²) in [6.07, 6.45) is 5.94. The van der Waals surface area contributed by atoms with Gasteiger partial charge in [0.15, 0.2) is 0 Å². The molecule has 0 aliphatic rings. The largest absolute Gasteiger partial charge is 0.361 e. The third-order valence-electron chi connectivity index (χ3n) is 6.00. The number of aromatic amines is 2. The van der Waals surface area contributed by atoms with Gasteiger partial charge in [0.25, 0.3) is 5.69 Å². The van der Waals surface area contributed by atoms with E-state index < -0.39 is 4.92 Å². The summed E-state index contributed by atoms with van der Waals surface area (Å²) in [4.78, 5) is 17.3. The minimum Gasteiger partial charge on any atom is -0.361 e. The Kier molecular flexibility index (Phi) is 4.29. The van der Waals surface area contributed by atoms with Crippen molar-refractivity contribution < 1.29 is 4.92 Å². The number of para-hydroxylation sites is 2. The van der Waals surface area contributed by atoms with E-state index in [0.717, 1.165) is 38.6 Å². The van der Waals surface area contributed by atoms with Crippen molar-refractivity contribution in [2.45, 2.75) is 5.92 Å². The molecule has 0 radical (unpaired) electrons. The highest BCUT2D eigenvalue weighted by Crippen LogP contribution is 2.38. The molecule has 0 unspecified atom stereocenters.